The average Bonchev–Trinajstić information content (AvgIpc) is 3.26. The van der Waals surface area contributed by atoms with Crippen molar-refractivity contribution in [2.75, 3.05) is 13.7 Å². The molecule has 0 aliphatic heterocycles. The summed E-state index contributed by atoms with van der Waals surface area (Å²) in [7, 11) is 4.86. The highest BCUT2D eigenvalue weighted by atomic mass is 16.5. The standard InChI is InChI=1S/C18H20N6O3/c1-23-10-14(16(22-23)18(26)27-3)12-4-6-13(7-5-12)17(25)19-9-8-15-20-11-21-24(15)2/h4-7,10-11H,8-9H2,1-3H3,(H,19,25). The van der Waals surface area contributed by atoms with Gasteiger partial charge in [0.2, 0.25) is 0 Å². The third kappa shape index (κ3) is 4.02. The van der Waals surface area contributed by atoms with E-state index in [1.807, 2.05) is 7.05 Å². The van der Waals surface area contributed by atoms with Crippen LogP contribution in [0.15, 0.2) is 36.8 Å². The molecule has 27 heavy (non-hydrogen) atoms. The molecule has 0 radical (unpaired) electrons. The normalized spacial score (nSPS) is 10.6. The molecular weight excluding hydrogens is 348 g/mol. The van der Waals surface area contributed by atoms with Gasteiger partial charge >= 0.3 is 5.97 Å². The lowest BCUT2D eigenvalue weighted by Gasteiger charge is -2.06. The molecule has 0 unspecified atom stereocenters. The maximum Gasteiger partial charge on any atom is 0.359 e. The zero-order chi connectivity index (χ0) is 19.4. The topological polar surface area (TPSA) is 104 Å². The van der Waals surface area contributed by atoms with Crippen molar-refractivity contribution in [3.05, 3.63) is 53.9 Å². The number of nitrogens with one attached hydrogen (secondary N) is 1. The van der Waals surface area contributed by atoms with Crippen LogP contribution in [0.4, 0.5) is 0 Å². The number of amides is 1. The van der Waals surface area contributed by atoms with Gasteiger partial charge in [-0.25, -0.2) is 9.78 Å². The van der Waals surface area contributed by atoms with Crippen LogP contribution in [0.3, 0.4) is 0 Å². The van der Waals surface area contributed by atoms with E-state index in [2.05, 4.69) is 20.5 Å². The van der Waals surface area contributed by atoms with Crippen molar-refractivity contribution in [2.24, 2.45) is 14.1 Å². The molecule has 1 amide bonds. The molecular formula is C18H20N6O3. The Bertz CT molecular complexity index is 958. The highest BCUT2D eigenvalue weighted by Crippen LogP contribution is 2.23. The molecule has 0 saturated heterocycles. The summed E-state index contributed by atoms with van der Waals surface area (Å²) in [6.07, 6.45) is 3.82. The number of methoxy groups -OCH3 is 1. The van der Waals surface area contributed by atoms with Gasteiger partial charge in [0.25, 0.3) is 5.91 Å². The number of rotatable bonds is 6. The monoisotopic (exact) mass is 368 g/mol. The van der Waals surface area contributed by atoms with Crippen LogP contribution in [0.5, 0.6) is 0 Å². The molecule has 140 valence electrons. The molecule has 2 heterocycles. The minimum Gasteiger partial charge on any atom is -0.464 e. The number of benzene rings is 1. The van der Waals surface area contributed by atoms with E-state index in [9.17, 15) is 9.59 Å². The summed E-state index contributed by atoms with van der Waals surface area (Å²) in [4.78, 5) is 28.3. The van der Waals surface area contributed by atoms with Crippen molar-refractivity contribution in [1.29, 1.82) is 0 Å². The summed E-state index contributed by atoms with van der Waals surface area (Å²) in [6.45, 7) is 0.461. The largest absolute Gasteiger partial charge is 0.464 e. The van der Waals surface area contributed by atoms with E-state index in [1.54, 1.807) is 46.9 Å². The predicted octanol–water partition coefficient (Wildman–Crippen LogP) is 0.975. The molecule has 3 rings (SSSR count). The Morgan fingerprint density at radius 3 is 2.56 bits per heavy atom. The molecule has 0 saturated carbocycles. The van der Waals surface area contributed by atoms with Gasteiger partial charge in [0, 0.05) is 44.4 Å². The lowest BCUT2D eigenvalue weighted by Crippen LogP contribution is -2.26. The van der Waals surface area contributed by atoms with Crippen molar-refractivity contribution in [3.8, 4) is 11.1 Å². The summed E-state index contributed by atoms with van der Waals surface area (Å²) >= 11 is 0. The van der Waals surface area contributed by atoms with Gasteiger partial charge in [0.1, 0.15) is 12.2 Å². The maximum atomic E-state index is 12.3. The van der Waals surface area contributed by atoms with E-state index < -0.39 is 5.97 Å². The fourth-order valence-electron chi connectivity index (χ4n) is 2.68. The Balaban J connectivity index is 1.67. The van der Waals surface area contributed by atoms with Crippen LogP contribution in [-0.4, -0.2) is 50.1 Å². The second-order valence-corrected chi connectivity index (χ2v) is 5.94. The molecule has 1 N–H and O–H groups in total. The number of nitrogens with zero attached hydrogens (tertiary/aromatic N) is 5. The Kier molecular flexibility index (Phi) is 5.30. The number of hydrogen-bond acceptors (Lipinski definition) is 6. The summed E-state index contributed by atoms with van der Waals surface area (Å²) < 4.78 is 7.99. The number of aromatic nitrogens is 5. The predicted molar refractivity (Wildman–Crippen MR) is 97.0 cm³/mol. The van der Waals surface area contributed by atoms with Crippen LogP contribution in [0.2, 0.25) is 0 Å². The molecule has 0 aliphatic carbocycles. The molecule has 9 heteroatoms. The second-order valence-electron chi connectivity index (χ2n) is 5.94. The average molecular weight is 368 g/mol. The molecule has 1 aromatic carbocycles. The van der Waals surface area contributed by atoms with Gasteiger partial charge in [0.15, 0.2) is 5.69 Å². The molecule has 0 aliphatic rings. The van der Waals surface area contributed by atoms with Gasteiger partial charge in [-0.2, -0.15) is 10.2 Å². The zero-order valence-corrected chi connectivity index (χ0v) is 15.3. The Hall–Kier alpha value is -3.49. The number of hydrogen-bond donors (Lipinski definition) is 1. The van der Waals surface area contributed by atoms with Crippen molar-refractivity contribution in [1.82, 2.24) is 29.9 Å². The van der Waals surface area contributed by atoms with E-state index in [1.165, 1.54) is 13.4 Å². The van der Waals surface area contributed by atoms with E-state index in [0.717, 1.165) is 11.4 Å². The van der Waals surface area contributed by atoms with Gasteiger partial charge in [-0.1, -0.05) is 12.1 Å². The van der Waals surface area contributed by atoms with Gasteiger partial charge in [-0.05, 0) is 17.7 Å². The van der Waals surface area contributed by atoms with Gasteiger partial charge < -0.3 is 10.1 Å². The van der Waals surface area contributed by atoms with Crippen LogP contribution < -0.4 is 5.32 Å². The SMILES string of the molecule is COC(=O)c1nn(C)cc1-c1ccc(C(=O)NCCc2ncnn2C)cc1. The lowest BCUT2D eigenvalue weighted by molar-refractivity contribution is 0.0594. The Morgan fingerprint density at radius 1 is 1.19 bits per heavy atom. The molecule has 0 spiro atoms. The number of aryl methyl sites for hydroxylation is 2. The van der Waals surface area contributed by atoms with Crippen molar-refractivity contribution in [2.45, 2.75) is 6.42 Å². The lowest BCUT2D eigenvalue weighted by atomic mass is 10.0. The summed E-state index contributed by atoms with van der Waals surface area (Å²) in [6, 6.07) is 6.98. The van der Waals surface area contributed by atoms with E-state index in [4.69, 9.17) is 4.74 Å². The van der Waals surface area contributed by atoms with Gasteiger partial charge in [-0.3, -0.25) is 14.2 Å². The smallest absolute Gasteiger partial charge is 0.359 e. The number of carbonyl (C=O) groups is 2. The first kappa shape index (κ1) is 18.3. The second kappa shape index (κ2) is 7.81. The Labute approximate surface area is 156 Å². The van der Waals surface area contributed by atoms with E-state index >= 15 is 0 Å². The van der Waals surface area contributed by atoms with Gasteiger partial charge in [-0.15, -0.1) is 0 Å². The van der Waals surface area contributed by atoms with Gasteiger partial charge in [0.05, 0.1) is 7.11 Å². The quantitative estimate of drug-likeness (QED) is 0.650. The zero-order valence-electron chi connectivity index (χ0n) is 15.3. The first-order valence-electron chi connectivity index (χ1n) is 8.33. The highest BCUT2D eigenvalue weighted by Gasteiger charge is 2.18. The molecule has 9 nitrogen and oxygen atoms in total. The summed E-state index contributed by atoms with van der Waals surface area (Å²) in [5, 5.41) is 11.0. The third-order valence-corrected chi connectivity index (χ3v) is 4.10. The molecule has 0 atom stereocenters. The van der Waals surface area contributed by atoms with Crippen LogP contribution in [0.1, 0.15) is 26.7 Å². The molecule has 3 aromatic rings. The molecule has 2 aromatic heterocycles. The molecule has 0 bridgehead atoms. The van der Waals surface area contributed by atoms with Crippen molar-refractivity contribution in [3.63, 3.8) is 0 Å². The highest BCUT2D eigenvalue weighted by molar-refractivity contribution is 5.97. The first-order chi connectivity index (χ1) is 13.0. The number of carbonyl (C=O) groups excluding carboxylic acids is 2. The van der Waals surface area contributed by atoms with Crippen LogP contribution in [-0.2, 0) is 25.3 Å². The van der Waals surface area contributed by atoms with Crippen molar-refractivity contribution < 1.29 is 14.3 Å². The van der Waals surface area contributed by atoms with E-state index in [-0.39, 0.29) is 11.6 Å². The van der Waals surface area contributed by atoms with Crippen LogP contribution in [0, 0.1) is 0 Å². The molecule has 0 fully saturated rings. The maximum absolute atomic E-state index is 12.3. The van der Waals surface area contributed by atoms with Crippen LogP contribution >= 0.6 is 0 Å². The minimum absolute atomic E-state index is 0.178. The third-order valence-electron chi connectivity index (χ3n) is 4.10. The summed E-state index contributed by atoms with van der Waals surface area (Å²) in [5.41, 5.74) is 2.19. The van der Waals surface area contributed by atoms with Crippen molar-refractivity contribution >= 4 is 11.9 Å². The first-order valence-corrected chi connectivity index (χ1v) is 8.33. The fourth-order valence-corrected chi connectivity index (χ4v) is 2.68. The number of ether oxygens (including phenoxy) is 1. The minimum atomic E-state index is -0.504. The number of esters is 1. The summed E-state index contributed by atoms with van der Waals surface area (Å²) in [5.74, 6) is 0.122. The fraction of sp³-hybridized carbons (Fsp3) is 0.278. The van der Waals surface area contributed by atoms with Crippen LogP contribution in [0.25, 0.3) is 11.1 Å². The Morgan fingerprint density at radius 2 is 1.93 bits per heavy atom. The van der Waals surface area contributed by atoms with E-state index in [0.29, 0.717) is 24.1 Å².